The average Bonchev–Trinajstić information content (AvgIpc) is 3.46. The van der Waals surface area contributed by atoms with E-state index >= 15 is 0 Å². The summed E-state index contributed by atoms with van der Waals surface area (Å²) in [5.74, 6) is 0.232. The number of benzene rings is 2. The van der Waals surface area contributed by atoms with Crippen LogP contribution in [0.3, 0.4) is 0 Å². The van der Waals surface area contributed by atoms with Crippen LogP contribution in [0.4, 0.5) is 4.79 Å². The maximum atomic E-state index is 12.6. The number of hydrogen-bond donors (Lipinski definition) is 2. The minimum atomic E-state index is -0.373. The van der Waals surface area contributed by atoms with Crippen LogP contribution in [0.2, 0.25) is 0 Å². The Kier molecular flexibility index (Phi) is 8.25. The van der Waals surface area contributed by atoms with Crippen LogP contribution in [0.25, 0.3) is 11.1 Å². The Morgan fingerprint density at radius 3 is 2.12 bits per heavy atom. The molecule has 5 heteroatoms. The van der Waals surface area contributed by atoms with Crippen molar-refractivity contribution in [3.63, 3.8) is 0 Å². The zero-order valence-electron chi connectivity index (χ0n) is 20.0. The van der Waals surface area contributed by atoms with Crippen molar-refractivity contribution in [1.29, 1.82) is 0 Å². The van der Waals surface area contributed by atoms with Gasteiger partial charge in [-0.25, -0.2) is 4.79 Å². The molecule has 2 aliphatic carbocycles. The molecule has 2 radical (unpaired) electrons. The number of ether oxygens (including phenoxy) is 1. The molecule has 4 rings (SSSR count). The second-order valence-electron chi connectivity index (χ2n) is 9.42. The first kappa shape index (κ1) is 24.3. The van der Waals surface area contributed by atoms with E-state index in [0.717, 1.165) is 44.9 Å². The van der Waals surface area contributed by atoms with E-state index in [9.17, 15) is 9.59 Å². The van der Waals surface area contributed by atoms with Crippen LogP contribution in [0.1, 0.15) is 68.4 Å². The van der Waals surface area contributed by atoms with Gasteiger partial charge >= 0.3 is 6.09 Å². The first-order valence-electron chi connectivity index (χ1n) is 12.7. The molecule has 2 aromatic carbocycles. The maximum absolute atomic E-state index is 12.6. The van der Waals surface area contributed by atoms with Crippen molar-refractivity contribution in [2.24, 2.45) is 5.41 Å². The standard InChI is InChI=1S/C29H36N2O3/c1-2-16-29(17-8-9-18-29)27(32)30-19-10-3-11-20-31-28(33)34-21-26-24-14-6-4-12-22(24)23-13-5-7-15-25(23)26/h4-7,12-16,26H,1-3,8-11,17-21H2,(H,30,32)(H,31,33). The summed E-state index contributed by atoms with van der Waals surface area (Å²) < 4.78 is 5.57. The molecule has 0 atom stereocenters. The SMILES string of the molecule is [CH2]C[CH]C1(C(=O)NCCCCCNC(=O)OCC2c3ccccc3-c3ccccc32)CCCC1. The molecule has 0 heterocycles. The molecule has 0 unspecified atom stereocenters. The zero-order valence-corrected chi connectivity index (χ0v) is 20.0. The number of unbranched alkanes of at least 4 members (excludes halogenated alkanes) is 2. The number of rotatable bonds is 11. The van der Waals surface area contributed by atoms with E-state index in [-0.39, 0.29) is 23.3 Å². The van der Waals surface area contributed by atoms with Gasteiger partial charge in [-0.1, -0.05) is 68.3 Å². The van der Waals surface area contributed by atoms with Gasteiger partial charge in [-0.2, -0.15) is 0 Å². The van der Waals surface area contributed by atoms with Gasteiger partial charge in [0.25, 0.3) is 0 Å². The molecule has 2 amide bonds. The van der Waals surface area contributed by atoms with Crippen LogP contribution < -0.4 is 10.6 Å². The summed E-state index contributed by atoms with van der Waals surface area (Å²) in [6.45, 7) is 5.48. The van der Waals surface area contributed by atoms with Gasteiger partial charge in [0.05, 0.1) is 5.41 Å². The fraction of sp³-hybridized carbons (Fsp3) is 0.448. The van der Waals surface area contributed by atoms with Crippen molar-refractivity contribution in [1.82, 2.24) is 10.6 Å². The highest BCUT2D eigenvalue weighted by atomic mass is 16.5. The molecule has 0 saturated heterocycles. The van der Waals surface area contributed by atoms with Gasteiger partial charge in [0.15, 0.2) is 0 Å². The van der Waals surface area contributed by atoms with Gasteiger partial charge < -0.3 is 15.4 Å². The fourth-order valence-electron chi connectivity index (χ4n) is 5.45. The highest BCUT2D eigenvalue weighted by molar-refractivity contribution is 5.84. The van der Waals surface area contributed by atoms with E-state index in [4.69, 9.17) is 4.74 Å². The number of nitrogens with one attached hydrogen (secondary N) is 2. The first-order chi connectivity index (χ1) is 16.6. The van der Waals surface area contributed by atoms with Gasteiger partial charge in [-0.15, -0.1) is 0 Å². The summed E-state index contributed by atoms with van der Waals surface area (Å²) in [7, 11) is 0. The van der Waals surface area contributed by atoms with Crippen molar-refractivity contribution in [2.75, 3.05) is 19.7 Å². The lowest BCUT2D eigenvalue weighted by atomic mass is 9.80. The number of fused-ring (bicyclic) bond motifs is 3. The predicted octanol–water partition coefficient (Wildman–Crippen LogP) is 5.80. The lowest BCUT2D eigenvalue weighted by Crippen LogP contribution is -2.40. The van der Waals surface area contributed by atoms with Crippen LogP contribution >= 0.6 is 0 Å². The molecule has 34 heavy (non-hydrogen) atoms. The lowest BCUT2D eigenvalue weighted by molar-refractivity contribution is -0.129. The van der Waals surface area contributed by atoms with Crippen molar-refractivity contribution in [3.8, 4) is 11.1 Å². The van der Waals surface area contributed by atoms with Crippen LogP contribution in [0.15, 0.2) is 48.5 Å². The number of hydrogen-bond acceptors (Lipinski definition) is 3. The third-order valence-corrected chi connectivity index (χ3v) is 7.24. The molecular formula is C29H36N2O3. The fourth-order valence-corrected chi connectivity index (χ4v) is 5.45. The van der Waals surface area contributed by atoms with Gasteiger partial charge in [-0.05, 0) is 67.2 Å². The van der Waals surface area contributed by atoms with Crippen molar-refractivity contribution in [3.05, 3.63) is 73.0 Å². The largest absolute Gasteiger partial charge is 0.449 e. The van der Waals surface area contributed by atoms with E-state index in [2.05, 4.69) is 48.2 Å². The molecular weight excluding hydrogens is 424 g/mol. The monoisotopic (exact) mass is 460 g/mol. The topological polar surface area (TPSA) is 67.4 Å². The normalized spacial score (nSPS) is 16.0. The molecule has 1 fully saturated rings. The summed E-state index contributed by atoms with van der Waals surface area (Å²) in [5, 5.41) is 5.97. The van der Waals surface area contributed by atoms with Crippen molar-refractivity contribution < 1.29 is 14.3 Å². The molecule has 180 valence electrons. The van der Waals surface area contributed by atoms with E-state index in [1.54, 1.807) is 0 Å². The Labute approximate surface area is 203 Å². The summed E-state index contributed by atoms with van der Waals surface area (Å²) in [4.78, 5) is 24.9. The Morgan fingerprint density at radius 1 is 0.912 bits per heavy atom. The first-order valence-corrected chi connectivity index (χ1v) is 12.7. The predicted molar refractivity (Wildman–Crippen MR) is 135 cm³/mol. The third-order valence-electron chi connectivity index (χ3n) is 7.24. The quantitative estimate of drug-likeness (QED) is 0.417. The van der Waals surface area contributed by atoms with Crippen LogP contribution in [0.5, 0.6) is 0 Å². The van der Waals surface area contributed by atoms with Crippen LogP contribution in [-0.4, -0.2) is 31.7 Å². The molecule has 5 nitrogen and oxygen atoms in total. The smallest absolute Gasteiger partial charge is 0.407 e. The second-order valence-corrected chi connectivity index (χ2v) is 9.42. The van der Waals surface area contributed by atoms with Gasteiger partial charge in [0.2, 0.25) is 5.91 Å². The minimum Gasteiger partial charge on any atom is -0.449 e. The van der Waals surface area contributed by atoms with Crippen LogP contribution in [0, 0.1) is 18.8 Å². The minimum absolute atomic E-state index is 0.0747. The highest BCUT2D eigenvalue weighted by Gasteiger charge is 2.40. The number of carbonyl (C=O) groups excluding carboxylic acids is 2. The van der Waals surface area contributed by atoms with Crippen molar-refractivity contribution >= 4 is 12.0 Å². The Bertz CT molecular complexity index is 935. The van der Waals surface area contributed by atoms with Gasteiger partial charge in [0.1, 0.15) is 6.61 Å². The molecule has 2 aliphatic rings. The lowest BCUT2D eigenvalue weighted by Gasteiger charge is -2.26. The molecule has 0 aromatic heterocycles. The van der Waals surface area contributed by atoms with E-state index < -0.39 is 0 Å². The zero-order chi connectivity index (χ0) is 23.8. The molecule has 0 spiro atoms. The number of alkyl carbamates (subject to hydrolysis) is 1. The number of carbonyl (C=O) groups is 2. The molecule has 0 aliphatic heterocycles. The second kappa shape index (κ2) is 11.5. The third kappa shape index (κ3) is 5.45. The summed E-state index contributed by atoms with van der Waals surface area (Å²) in [6, 6.07) is 16.7. The highest BCUT2D eigenvalue weighted by Crippen LogP contribution is 2.44. The van der Waals surface area contributed by atoms with Gasteiger partial charge in [-0.3, -0.25) is 4.79 Å². The Balaban J connectivity index is 1.12. The van der Waals surface area contributed by atoms with Crippen LogP contribution in [-0.2, 0) is 9.53 Å². The maximum Gasteiger partial charge on any atom is 0.407 e. The average molecular weight is 461 g/mol. The van der Waals surface area contributed by atoms with E-state index in [0.29, 0.717) is 26.1 Å². The Hall–Kier alpha value is -2.82. The summed E-state index contributed by atoms with van der Waals surface area (Å²) in [6.07, 6.45) is 9.23. The Morgan fingerprint density at radius 2 is 1.50 bits per heavy atom. The van der Waals surface area contributed by atoms with E-state index in [1.165, 1.54) is 22.3 Å². The molecule has 2 N–H and O–H groups in total. The van der Waals surface area contributed by atoms with E-state index in [1.807, 2.05) is 24.3 Å². The summed E-state index contributed by atoms with van der Waals surface area (Å²) >= 11 is 0. The van der Waals surface area contributed by atoms with Crippen molar-refractivity contribution in [2.45, 2.75) is 57.3 Å². The molecule has 0 bridgehead atoms. The number of amides is 2. The summed E-state index contributed by atoms with van der Waals surface area (Å²) in [5.41, 5.74) is 4.58. The van der Waals surface area contributed by atoms with Gasteiger partial charge in [0, 0.05) is 19.0 Å². The molecule has 1 saturated carbocycles. The molecule has 2 aromatic rings.